The highest BCUT2D eigenvalue weighted by Crippen LogP contribution is 2.68. The molecule has 1 aliphatic heterocycles. The van der Waals surface area contributed by atoms with Crippen LogP contribution in [0.25, 0.3) is 55.6 Å². The third kappa shape index (κ3) is 3.56. The van der Waals surface area contributed by atoms with Gasteiger partial charge in [-0.25, -0.2) is 0 Å². The van der Waals surface area contributed by atoms with Gasteiger partial charge in [0.05, 0.1) is 16.8 Å². The lowest BCUT2D eigenvalue weighted by Gasteiger charge is -2.48. The molecule has 0 N–H and O–H groups in total. The SMILES string of the molecule is c1ccc(-c2ccc(N3c4cc(-c5ccccc5)ccc4C4(c5ccccc5-c5ccccc54)c4c3ccc3c4-c4ccccc4-3)cc2)cc1. The van der Waals surface area contributed by atoms with Gasteiger partial charge in [-0.3, -0.25) is 0 Å². The molecule has 0 aromatic heterocycles. The fourth-order valence-electron chi connectivity index (χ4n) is 9.15. The van der Waals surface area contributed by atoms with Gasteiger partial charge in [0, 0.05) is 11.3 Å². The highest BCUT2D eigenvalue weighted by molar-refractivity contribution is 6.10. The number of fused-ring (bicyclic) bond motifs is 14. The van der Waals surface area contributed by atoms with Crippen LogP contribution in [0.15, 0.2) is 188 Å². The van der Waals surface area contributed by atoms with Crippen molar-refractivity contribution in [2.24, 2.45) is 0 Å². The van der Waals surface area contributed by atoms with Crippen molar-refractivity contribution in [3.63, 3.8) is 0 Å². The first-order chi connectivity index (χ1) is 24.8. The molecular formula is C49H31N. The Morgan fingerprint density at radius 1 is 0.320 bits per heavy atom. The van der Waals surface area contributed by atoms with E-state index in [1.807, 2.05) is 0 Å². The smallest absolute Gasteiger partial charge is 0.0760 e. The number of hydrogen-bond acceptors (Lipinski definition) is 1. The lowest BCUT2D eigenvalue weighted by molar-refractivity contribution is 0.754. The quantitative estimate of drug-likeness (QED) is 0.187. The maximum atomic E-state index is 2.53. The standard InChI is InChI=1S/C49H31N/c1-3-13-32(14-4-1)34-23-26-36(27-24-34)50-45-30-28-41-37-17-7-8-20-40(37)47(41)48(45)49(42-21-11-9-18-38(42)39-19-10-12-22-43(39)49)44-29-25-35(31-46(44)50)33-15-5-2-6-16-33/h1-31H. The summed E-state index contributed by atoms with van der Waals surface area (Å²) in [6.07, 6.45) is 0. The molecule has 8 aromatic rings. The van der Waals surface area contributed by atoms with Crippen molar-refractivity contribution in [1.82, 2.24) is 0 Å². The summed E-state index contributed by atoms with van der Waals surface area (Å²) in [4.78, 5) is 2.53. The topological polar surface area (TPSA) is 3.24 Å². The Morgan fingerprint density at radius 2 is 0.840 bits per heavy atom. The van der Waals surface area contributed by atoms with Crippen LogP contribution in [-0.4, -0.2) is 0 Å². The van der Waals surface area contributed by atoms with Gasteiger partial charge in [-0.15, -0.1) is 0 Å². The molecule has 0 amide bonds. The van der Waals surface area contributed by atoms with Crippen LogP contribution in [0, 0.1) is 0 Å². The summed E-state index contributed by atoms with van der Waals surface area (Å²) < 4.78 is 0. The second-order valence-electron chi connectivity index (χ2n) is 13.6. The lowest BCUT2D eigenvalue weighted by atomic mass is 9.60. The zero-order valence-electron chi connectivity index (χ0n) is 27.3. The Labute approximate surface area is 292 Å². The van der Waals surface area contributed by atoms with Crippen LogP contribution >= 0.6 is 0 Å². The van der Waals surface area contributed by atoms with Crippen molar-refractivity contribution in [2.75, 3.05) is 4.90 Å². The van der Waals surface area contributed by atoms with E-state index < -0.39 is 5.41 Å². The van der Waals surface area contributed by atoms with E-state index in [1.54, 1.807) is 0 Å². The molecule has 50 heavy (non-hydrogen) atoms. The number of hydrogen-bond donors (Lipinski definition) is 0. The van der Waals surface area contributed by atoms with Crippen molar-refractivity contribution < 1.29 is 0 Å². The van der Waals surface area contributed by atoms with Crippen molar-refractivity contribution in [3.05, 3.63) is 210 Å². The van der Waals surface area contributed by atoms with Crippen LogP contribution in [0.1, 0.15) is 22.3 Å². The van der Waals surface area contributed by atoms with E-state index in [-0.39, 0.29) is 0 Å². The normalized spacial score (nSPS) is 13.7. The van der Waals surface area contributed by atoms with Crippen LogP contribution < -0.4 is 4.90 Å². The summed E-state index contributed by atoms with van der Waals surface area (Å²) in [6, 6.07) is 69.7. The van der Waals surface area contributed by atoms with Crippen LogP contribution in [0.5, 0.6) is 0 Å². The van der Waals surface area contributed by atoms with Gasteiger partial charge >= 0.3 is 0 Å². The van der Waals surface area contributed by atoms with Crippen LogP contribution in [0.3, 0.4) is 0 Å². The Hall–Kier alpha value is -6.44. The summed E-state index contributed by atoms with van der Waals surface area (Å²) in [5.41, 5.74) is 21.4. The Bertz CT molecular complexity index is 2590. The molecule has 1 heteroatoms. The van der Waals surface area contributed by atoms with Crippen molar-refractivity contribution in [3.8, 4) is 55.6 Å². The maximum Gasteiger partial charge on any atom is 0.0760 e. The second kappa shape index (κ2) is 10.3. The molecule has 1 nitrogen and oxygen atoms in total. The molecule has 1 spiro atoms. The zero-order chi connectivity index (χ0) is 32.8. The summed E-state index contributed by atoms with van der Waals surface area (Å²) in [7, 11) is 0. The first-order valence-corrected chi connectivity index (χ1v) is 17.4. The van der Waals surface area contributed by atoms with E-state index >= 15 is 0 Å². The predicted octanol–water partition coefficient (Wildman–Crippen LogP) is 12.8. The summed E-state index contributed by atoms with van der Waals surface area (Å²) in [5, 5.41) is 0. The van der Waals surface area contributed by atoms with Crippen LogP contribution in [-0.2, 0) is 5.41 Å². The number of benzene rings is 8. The predicted molar refractivity (Wildman–Crippen MR) is 207 cm³/mol. The van der Waals surface area contributed by atoms with Gasteiger partial charge in [-0.1, -0.05) is 164 Å². The van der Waals surface area contributed by atoms with Gasteiger partial charge in [0.2, 0.25) is 0 Å². The van der Waals surface area contributed by atoms with Gasteiger partial charge in [-0.2, -0.15) is 0 Å². The third-order valence-electron chi connectivity index (χ3n) is 11.2. The molecule has 0 saturated carbocycles. The average Bonchev–Trinajstić information content (AvgIpc) is 3.48. The first-order valence-electron chi connectivity index (χ1n) is 17.4. The molecule has 2 aliphatic carbocycles. The van der Waals surface area contributed by atoms with E-state index in [1.165, 1.54) is 89.3 Å². The molecule has 0 saturated heterocycles. The van der Waals surface area contributed by atoms with Gasteiger partial charge in [0.25, 0.3) is 0 Å². The minimum atomic E-state index is -0.494. The Kier molecular flexibility index (Phi) is 5.66. The highest BCUT2D eigenvalue weighted by Gasteiger charge is 2.54. The maximum absolute atomic E-state index is 2.53. The summed E-state index contributed by atoms with van der Waals surface area (Å²) >= 11 is 0. The molecule has 0 fully saturated rings. The molecule has 232 valence electrons. The Morgan fingerprint density at radius 3 is 1.50 bits per heavy atom. The minimum Gasteiger partial charge on any atom is -0.310 e. The van der Waals surface area contributed by atoms with Gasteiger partial charge < -0.3 is 4.90 Å². The van der Waals surface area contributed by atoms with Gasteiger partial charge in [-0.05, 0) is 96.6 Å². The first kappa shape index (κ1) is 27.5. The summed E-state index contributed by atoms with van der Waals surface area (Å²) in [6.45, 7) is 0. The van der Waals surface area contributed by atoms with E-state index in [2.05, 4.69) is 193 Å². The lowest BCUT2D eigenvalue weighted by Crippen LogP contribution is -2.37. The minimum absolute atomic E-state index is 0.494. The molecule has 0 radical (unpaired) electrons. The fraction of sp³-hybridized carbons (Fsp3) is 0.0204. The van der Waals surface area contributed by atoms with E-state index in [9.17, 15) is 0 Å². The van der Waals surface area contributed by atoms with Gasteiger partial charge in [0.1, 0.15) is 0 Å². The van der Waals surface area contributed by atoms with Crippen molar-refractivity contribution in [1.29, 1.82) is 0 Å². The molecule has 1 heterocycles. The molecule has 0 bridgehead atoms. The molecular weight excluding hydrogens is 603 g/mol. The van der Waals surface area contributed by atoms with E-state index in [0.29, 0.717) is 0 Å². The average molecular weight is 634 g/mol. The molecule has 11 rings (SSSR count). The fourth-order valence-corrected chi connectivity index (χ4v) is 9.15. The zero-order valence-corrected chi connectivity index (χ0v) is 27.3. The van der Waals surface area contributed by atoms with E-state index in [0.717, 1.165) is 5.69 Å². The second-order valence-corrected chi connectivity index (χ2v) is 13.6. The monoisotopic (exact) mass is 633 g/mol. The number of anilines is 3. The van der Waals surface area contributed by atoms with Gasteiger partial charge in [0.15, 0.2) is 0 Å². The molecule has 8 aromatic carbocycles. The van der Waals surface area contributed by atoms with E-state index in [4.69, 9.17) is 0 Å². The molecule has 0 atom stereocenters. The number of rotatable bonds is 3. The highest BCUT2D eigenvalue weighted by atomic mass is 15.2. The largest absolute Gasteiger partial charge is 0.310 e. The third-order valence-corrected chi connectivity index (χ3v) is 11.2. The number of nitrogens with zero attached hydrogens (tertiary/aromatic N) is 1. The van der Waals surface area contributed by atoms with Crippen molar-refractivity contribution in [2.45, 2.75) is 5.41 Å². The molecule has 3 aliphatic rings. The van der Waals surface area contributed by atoms with Crippen LogP contribution in [0.4, 0.5) is 17.1 Å². The van der Waals surface area contributed by atoms with Crippen molar-refractivity contribution >= 4 is 17.1 Å². The summed E-state index contributed by atoms with van der Waals surface area (Å²) in [5.74, 6) is 0. The molecule has 0 unspecified atom stereocenters. The Balaban J connectivity index is 1.26. The van der Waals surface area contributed by atoms with Crippen LogP contribution in [0.2, 0.25) is 0 Å².